The average molecular weight is 502 g/mol. The number of hydrogen-bond acceptors (Lipinski definition) is 7. The fraction of sp³-hybridized carbons (Fsp3) is 0.304. The van der Waals surface area contributed by atoms with Gasteiger partial charge in [-0.1, -0.05) is 22.9 Å². The molecule has 0 saturated heterocycles. The lowest BCUT2D eigenvalue weighted by Gasteiger charge is -2.11. The Balaban J connectivity index is 1.92. The molecule has 3 rings (SSSR count). The van der Waals surface area contributed by atoms with Gasteiger partial charge in [-0.15, -0.1) is 0 Å². The number of aromatic nitrogens is 2. The number of hydrogen-bond donors (Lipinski definition) is 0. The number of methoxy groups -OCH3 is 1. The van der Waals surface area contributed by atoms with Crippen molar-refractivity contribution in [3.05, 3.63) is 62.6 Å². The molecule has 0 radical (unpaired) electrons. The van der Waals surface area contributed by atoms with Crippen molar-refractivity contribution in [3.8, 4) is 11.5 Å². The van der Waals surface area contributed by atoms with E-state index in [0.717, 1.165) is 10.9 Å². The van der Waals surface area contributed by atoms with Crippen LogP contribution in [0.25, 0.3) is 10.9 Å². The number of carbonyl (C=O) groups excluding carboxylic acids is 1. The van der Waals surface area contributed by atoms with Gasteiger partial charge in [-0.3, -0.25) is 4.79 Å². The molecule has 0 aliphatic rings. The fourth-order valence-electron chi connectivity index (χ4n) is 3.05. The second-order valence-electron chi connectivity index (χ2n) is 6.81. The van der Waals surface area contributed by atoms with Gasteiger partial charge in [0.25, 0.3) is 5.56 Å². The largest absolute Gasteiger partial charge is 0.493 e. The molecular formula is C23H24BrN3O5. The normalized spacial score (nSPS) is 11.1. The molecule has 2 aromatic carbocycles. The highest BCUT2D eigenvalue weighted by Gasteiger charge is 2.12. The van der Waals surface area contributed by atoms with Crippen molar-refractivity contribution < 1.29 is 19.0 Å². The summed E-state index contributed by atoms with van der Waals surface area (Å²) in [5, 5.41) is 4.89. The first kappa shape index (κ1) is 23.5. The van der Waals surface area contributed by atoms with Gasteiger partial charge >= 0.3 is 5.97 Å². The second kappa shape index (κ2) is 10.9. The molecule has 1 aromatic heterocycles. The van der Waals surface area contributed by atoms with Crippen LogP contribution in [0.5, 0.6) is 11.5 Å². The fourth-order valence-corrected chi connectivity index (χ4v) is 3.41. The summed E-state index contributed by atoms with van der Waals surface area (Å²) < 4.78 is 17.8. The van der Waals surface area contributed by atoms with Crippen molar-refractivity contribution in [3.63, 3.8) is 0 Å². The highest BCUT2D eigenvalue weighted by atomic mass is 79.9. The van der Waals surface area contributed by atoms with Gasteiger partial charge in [0.05, 0.1) is 30.8 Å². The van der Waals surface area contributed by atoms with Gasteiger partial charge in [-0.2, -0.15) is 9.78 Å². The molecule has 0 spiro atoms. The van der Waals surface area contributed by atoms with E-state index < -0.39 is 5.97 Å². The molecule has 0 fully saturated rings. The van der Waals surface area contributed by atoms with E-state index in [1.807, 2.05) is 19.1 Å². The Labute approximate surface area is 194 Å². The van der Waals surface area contributed by atoms with Crippen LogP contribution in [-0.4, -0.2) is 42.2 Å². The number of fused-ring (bicyclic) bond motifs is 1. The second-order valence-corrected chi connectivity index (χ2v) is 7.72. The van der Waals surface area contributed by atoms with Gasteiger partial charge in [-0.05, 0) is 55.3 Å². The van der Waals surface area contributed by atoms with Gasteiger partial charge < -0.3 is 14.2 Å². The molecule has 8 nitrogen and oxygen atoms in total. The summed E-state index contributed by atoms with van der Waals surface area (Å²) in [6, 6.07) is 10.5. The van der Waals surface area contributed by atoms with Crippen LogP contribution in [0.3, 0.4) is 0 Å². The number of benzene rings is 2. The van der Waals surface area contributed by atoms with Crippen molar-refractivity contribution in [1.82, 2.24) is 9.66 Å². The molecule has 0 N–H and O–H groups in total. The molecule has 0 amide bonds. The predicted molar refractivity (Wildman–Crippen MR) is 126 cm³/mol. The van der Waals surface area contributed by atoms with Gasteiger partial charge in [0.2, 0.25) is 0 Å². The van der Waals surface area contributed by atoms with Crippen molar-refractivity contribution in [2.75, 3.05) is 20.3 Å². The van der Waals surface area contributed by atoms with Gasteiger partial charge in [0.1, 0.15) is 5.82 Å². The first-order chi connectivity index (χ1) is 15.5. The van der Waals surface area contributed by atoms with Crippen LogP contribution < -0.4 is 15.0 Å². The number of nitrogens with zero attached hydrogens (tertiary/aromatic N) is 3. The first-order valence-corrected chi connectivity index (χ1v) is 11.0. The SMILES string of the molecule is CCCc1nc2ccc(Br)cc2c(=O)n1N=Cc1ccc(OCC(=O)OCC)c(OC)c1. The molecule has 0 atom stereocenters. The zero-order chi connectivity index (χ0) is 23.1. The minimum absolute atomic E-state index is 0.217. The van der Waals surface area contributed by atoms with Crippen molar-refractivity contribution in [2.24, 2.45) is 5.10 Å². The summed E-state index contributed by atoms with van der Waals surface area (Å²) in [5.74, 6) is 0.960. The van der Waals surface area contributed by atoms with E-state index in [1.165, 1.54) is 11.8 Å². The van der Waals surface area contributed by atoms with Crippen LogP contribution >= 0.6 is 15.9 Å². The van der Waals surface area contributed by atoms with Crippen LogP contribution in [0.4, 0.5) is 0 Å². The maximum Gasteiger partial charge on any atom is 0.344 e. The van der Waals surface area contributed by atoms with Crippen LogP contribution in [0.2, 0.25) is 0 Å². The van der Waals surface area contributed by atoms with E-state index in [1.54, 1.807) is 37.4 Å². The first-order valence-electron chi connectivity index (χ1n) is 10.2. The zero-order valence-corrected chi connectivity index (χ0v) is 19.7. The predicted octanol–water partition coefficient (Wildman–Crippen LogP) is 3.94. The molecule has 1 heterocycles. The summed E-state index contributed by atoms with van der Waals surface area (Å²) in [6.45, 7) is 3.82. The summed E-state index contributed by atoms with van der Waals surface area (Å²) in [7, 11) is 1.50. The molecular weight excluding hydrogens is 478 g/mol. The number of carbonyl (C=O) groups is 1. The molecule has 0 bridgehead atoms. The van der Waals surface area contributed by atoms with E-state index in [9.17, 15) is 9.59 Å². The van der Waals surface area contributed by atoms with E-state index in [-0.39, 0.29) is 18.8 Å². The number of rotatable bonds is 9. The Morgan fingerprint density at radius 2 is 2.00 bits per heavy atom. The minimum atomic E-state index is -0.460. The number of esters is 1. The van der Waals surface area contributed by atoms with E-state index in [4.69, 9.17) is 14.2 Å². The smallest absolute Gasteiger partial charge is 0.344 e. The molecule has 168 valence electrons. The van der Waals surface area contributed by atoms with Crippen LogP contribution in [0, 0.1) is 0 Å². The summed E-state index contributed by atoms with van der Waals surface area (Å²) >= 11 is 3.40. The molecule has 0 saturated carbocycles. The lowest BCUT2D eigenvalue weighted by atomic mass is 10.2. The Morgan fingerprint density at radius 3 is 2.72 bits per heavy atom. The average Bonchev–Trinajstić information content (AvgIpc) is 2.78. The quantitative estimate of drug-likeness (QED) is 0.325. The topological polar surface area (TPSA) is 92.0 Å². The monoisotopic (exact) mass is 501 g/mol. The Hall–Kier alpha value is -3.20. The molecule has 0 unspecified atom stereocenters. The maximum atomic E-state index is 13.1. The van der Waals surface area contributed by atoms with Gasteiger partial charge in [-0.25, -0.2) is 9.78 Å². The van der Waals surface area contributed by atoms with Crippen LogP contribution in [0.15, 0.2) is 50.8 Å². The Kier molecular flexibility index (Phi) is 7.99. The van der Waals surface area contributed by atoms with Crippen molar-refractivity contribution >= 4 is 39.0 Å². The minimum Gasteiger partial charge on any atom is -0.493 e. The van der Waals surface area contributed by atoms with E-state index in [2.05, 4.69) is 26.0 Å². The summed E-state index contributed by atoms with van der Waals surface area (Å²) in [4.78, 5) is 29.2. The summed E-state index contributed by atoms with van der Waals surface area (Å²) in [6.07, 6.45) is 3.00. The molecule has 0 aliphatic heterocycles. The molecule has 9 heteroatoms. The number of halogens is 1. The van der Waals surface area contributed by atoms with E-state index in [0.29, 0.717) is 40.2 Å². The Morgan fingerprint density at radius 1 is 1.19 bits per heavy atom. The highest BCUT2D eigenvalue weighted by Crippen LogP contribution is 2.27. The third kappa shape index (κ3) is 5.53. The molecule has 32 heavy (non-hydrogen) atoms. The lowest BCUT2D eigenvalue weighted by Crippen LogP contribution is -2.22. The number of aryl methyl sites for hydroxylation is 1. The van der Waals surface area contributed by atoms with Crippen molar-refractivity contribution in [2.45, 2.75) is 26.7 Å². The van der Waals surface area contributed by atoms with Crippen molar-refractivity contribution in [1.29, 1.82) is 0 Å². The standard InChI is InChI=1S/C23H24BrN3O5/c1-4-6-21-26-18-9-8-16(24)12-17(18)23(29)27(21)25-13-15-7-10-19(20(11-15)30-3)32-14-22(28)31-5-2/h7-13H,4-6,14H2,1-3H3. The lowest BCUT2D eigenvalue weighted by molar-refractivity contribution is -0.145. The number of ether oxygens (including phenoxy) is 3. The maximum absolute atomic E-state index is 13.1. The molecule has 3 aromatic rings. The third-order valence-electron chi connectivity index (χ3n) is 4.51. The zero-order valence-electron chi connectivity index (χ0n) is 18.1. The summed E-state index contributed by atoms with van der Waals surface area (Å²) in [5.41, 5.74) is 1.09. The highest BCUT2D eigenvalue weighted by molar-refractivity contribution is 9.10. The van der Waals surface area contributed by atoms with Gasteiger partial charge in [0.15, 0.2) is 18.1 Å². The van der Waals surface area contributed by atoms with Crippen LogP contribution in [-0.2, 0) is 16.0 Å². The Bertz CT molecular complexity index is 1210. The van der Waals surface area contributed by atoms with Gasteiger partial charge in [0, 0.05) is 10.9 Å². The van der Waals surface area contributed by atoms with E-state index >= 15 is 0 Å². The van der Waals surface area contributed by atoms with Crippen LogP contribution in [0.1, 0.15) is 31.7 Å². The molecule has 0 aliphatic carbocycles. The third-order valence-corrected chi connectivity index (χ3v) is 5.00.